The van der Waals surface area contributed by atoms with Crippen LogP contribution >= 0.6 is 12.0 Å². The fourth-order valence-corrected chi connectivity index (χ4v) is 2.15. The lowest BCUT2D eigenvalue weighted by Gasteiger charge is -2.12. The van der Waals surface area contributed by atoms with Crippen molar-refractivity contribution < 1.29 is 27.9 Å². The summed E-state index contributed by atoms with van der Waals surface area (Å²) in [6.07, 6.45) is 0.313. The summed E-state index contributed by atoms with van der Waals surface area (Å²) in [6.45, 7) is -0.186. The van der Waals surface area contributed by atoms with Gasteiger partial charge in [0, 0.05) is 6.42 Å². The first-order valence-electron chi connectivity index (χ1n) is 6.05. The molecule has 0 aliphatic heterocycles. The van der Waals surface area contributed by atoms with Crippen molar-refractivity contribution in [3.8, 4) is 0 Å². The third-order valence-corrected chi connectivity index (χ3v) is 3.31. The normalized spacial score (nSPS) is 11.6. The molecule has 2 aromatic carbocycles. The molecule has 0 aliphatic rings. The van der Waals surface area contributed by atoms with Crippen LogP contribution in [0.25, 0.3) is 10.8 Å². The molecule has 0 spiro atoms. The molecule has 21 heavy (non-hydrogen) atoms. The number of hydrogen-bond donors (Lipinski definition) is 1. The second-order valence-corrected chi connectivity index (χ2v) is 5.03. The van der Waals surface area contributed by atoms with Crippen molar-refractivity contribution in [3.05, 3.63) is 48.0 Å². The van der Waals surface area contributed by atoms with Crippen LogP contribution in [0.15, 0.2) is 42.5 Å². The zero-order valence-electron chi connectivity index (χ0n) is 10.8. The molecule has 0 aliphatic carbocycles. The van der Waals surface area contributed by atoms with Crippen molar-refractivity contribution >= 4 is 28.8 Å². The quantitative estimate of drug-likeness (QED) is 0.382. The van der Waals surface area contributed by atoms with E-state index >= 15 is 0 Å². The second-order valence-electron chi connectivity index (χ2n) is 4.20. The number of esters is 1. The summed E-state index contributed by atoms with van der Waals surface area (Å²) in [4.78, 5) is 11.1. The first-order valence-corrected chi connectivity index (χ1v) is 6.79. The Bertz CT molecular complexity index is 628. The van der Waals surface area contributed by atoms with Gasteiger partial charge in [-0.05, 0) is 16.3 Å². The molecule has 2 rings (SSSR count). The average Bonchev–Trinajstić information content (AvgIpc) is 2.47. The minimum Gasteiger partial charge on any atom is -0.460 e. The Kier molecular flexibility index (Phi) is 5.11. The second kappa shape index (κ2) is 6.84. The fourth-order valence-electron chi connectivity index (χ4n) is 1.93. The van der Waals surface area contributed by atoms with Gasteiger partial charge in [0.1, 0.15) is 12.0 Å². The predicted molar refractivity (Wildman–Crippen MR) is 74.9 cm³/mol. The van der Waals surface area contributed by atoms with Crippen molar-refractivity contribution in [2.24, 2.45) is 0 Å². The van der Waals surface area contributed by atoms with Crippen LogP contribution in [0, 0.1) is 0 Å². The van der Waals surface area contributed by atoms with Crippen LogP contribution in [0.3, 0.4) is 0 Å². The average molecular weight is 314 g/mol. The number of carbonyl (C=O) groups excluding carboxylic acids is 1. The molecular formula is C14H12F2O4S. The SMILES string of the molecule is O=C(OCCc1cccc2ccccc12)C(F)(F)SOO. The molecule has 2 aromatic rings. The van der Waals surface area contributed by atoms with Gasteiger partial charge < -0.3 is 4.74 Å². The summed E-state index contributed by atoms with van der Waals surface area (Å²) in [7, 11) is 0. The van der Waals surface area contributed by atoms with E-state index in [1.807, 2.05) is 42.5 Å². The molecule has 0 unspecified atom stereocenters. The lowest BCUT2D eigenvalue weighted by atomic mass is 10.0. The van der Waals surface area contributed by atoms with Gasteiger partial charge in [-0.3, -0.25) is 0 Å². The van der Waals surface area contributed by atoms with Crippen molar-refractivity contribution in [2.75, 3.05) is 6.61 Å². The highest BCUT2D eigenvalue weighted by atomic mass is 32.2. The number of carbonyl (C=O) groups is 1. The van der Waals surface area contributed by atoms with Gasteiger partial charge in [-0.1, -0.05) is 42.5 Å². The Balaban J connectivity index is 1.98. The maximum Gasteiger partial charge on any atom is 0.415 e. The summed E-state index contributed by atoms with van der Waals surface area (Å²) in [5, 5.41) is 6.02. The Hall–Kier alpha value is -1.70. The minimum atomic E-state index is -3.94. The molecule has 0 saturated carbocycles. The number of alkyl halides is 2. The van der Waals surface area contributed by atoms with E-state index in [0.29, 0.717) is 6.42 Å². The molecule has 112 valence electrons. The molecule has 0 bridgehead atoms. The first kappa shape index (κ1) is 15.7. The summed E-state index contributed by atoms with van der Waals surface area (Å²) < 4.78 is 33.7. The van der Waals surface area contributed by atoms with Crippen LogP contribution in [0.5, 0.6) is 0 Å². The van der Waals surface area contributed by atoms with Gasteiger partial charge in [0.2, 0.25) is 0 Å². The number of halogens is 2. The van der Waals surface area contributed by atoms with Crippen LogP contribution < -0.4 is 0 Å². The third-order valence-electron chi connectivity index (χ3n) is 2.86. The van der Waals surface area contributed by atoms with E-state index in [2.05, 4.69) is 9.07 Å². The van der Waals surface area contributed by atoms with Crippen molar-refractivity contribution in [1.82, 2.24) is 0 Å². The Morgan fingerprint density at radius 3 is 2.67 bits per heavy atom. The maximum atomic E-state index is 13.0. The first-order chi connectivity index (χ1) is 10.0. The zero-order chi connectivity index (χ0) is 15.3. The lowest BCUT2D eigenvalue weighted by Crippen LogP contribution is -2.28. The highest BCUT2D eigenvalue weighted by molar-refractivity contribution is 7.96. The molecule has 0 heterocycles. The largest absolute Gasteiger partial charge is 0.460 e. The monoisotopic (exact) mass is 314 g/mol. The molecule has 0 atom stereocenters. The van der Waals surface area contributed by atoms with Gasteiger partial charge in [-0.2, -0.15) is 13.1 Å². The highest BCUT2D eigenvalue weighted by Gasteiger charge is 2.43. The molecular weight excluding hydrogens is 302 g/mol. The molecule has 7 heteroatoms. The maximum absolute atomic E-state index is 13.0. The van der Waals surface area contributed by atoms with Crippen LogP contribution in [0.4, 0.5) is 8.78 Å². The van der Waals surface area contributed by atoms with Crippen molar-refractivity contribution in [2.45, 2.75) is 11.7 Å². The molecule has 0 aromatic heterocycles. The van der Waals surface area contributed by atoms with E-state index in [1.54, 1.807) is 0 Å². The predicted octanol–water partition coefficient (Wildman–Crippen LogP) is 3.66. The molecule has 1 N–H and O–H groups in total. The fraction of sp³-hybridized carbons (Fsp3) is 0.214. The number of benzene rings is 2. The smallest absolute Gasteiger partial charge is 0.415 e. The number of ether oxygens (including phenoxy) is 1. The van der Waals surface area contributed by atoms with Gasteiger partial charge in [0.15, 0.2) is 0 Å². The summed E-state index contributed by atoms with van der Waals surface area (Å²) in [5.74, 6) is -1.75. The topological polar surface area (TPSA) is 55.8 Å². The van der Waals surface area contributed by atoms with Gasteiger partial charge in [-0.25, -0.2) is 10.1 Å². The van der Waals surface area contributed by atoms with E-state index in [9.17, 15) is 13.6 Å². The van der Waals surface area contributed by atoms with Crippen LogP contribution in [-0.4, -0.2) is 23.1 Å². The number of fused-ring (bicyclic) bond motifs is 1. The van der Waals surface area contributed by atoms with E-state index < -0.39 is 23.3 Å². The van der Waals surface area contributed by atoms with Crippen LogP contribution in [0.2, 0.25) is 0 Å². The number of hydrogen-bond acceptors (Lipinski definition) is 5. The molecule has 0 fully saturated rings. The molecule has 4 nitrogen and oxygen atoms in total. The van der Waals surface area contributed by atoms with Crippen molar-refractivity contribution in [3.63, 3.8) is 0 Å². The van der Waals surface area contributed by atoms with Gasteiger partial charge in [-0.15, -0.1) is 0 Å². The Labute approximate surface area is 123 Å². The van der Waals surface area contributed by atoms with Gasteiger partial charge >= 0.3 is 11.2 Å². The van der Waals surface area contributed by atoms with E-state index in [4.69, 9.17) is 5.26 Å². The minimum absolute atomic E-state index is 0.186. The summed E-state index contributed by atoms with van der Waals surface area (Å²) >= 11 is -0.662. The number of rotatable bonds is 6. The summed E-state index contributed by atoms with van der Waals surface area (Å²) in [5.41, 5.74) is 0.898. The molecule has 0 radical (unpaired) electrons. The highest BCUT2D eigenvalue weighted by Crippen LogP contribution is 2.30. The zero-order valence-corrected chi connectivity index (χ0v) is 11.6. The lowest BCUT2D eigenvalue weighted by molar-refractivity contribution is -0.165. The van der Waals surface area contributed by atoms with E-state index in [-0.39, 0.29) is 6.61 Å². The third kappa shape index (κ3) is 3.90. The van der Waals surface area contributed by atoms with Crippen LogP contribution in [0.1, 0.15) is 5.56 Å². The molecule has 0 saturated heterocycles. The standard InChI is InChI=1S/C14H12F2O4S/c15-14(16,21-20-18)13(17)19-9-8-11-6-3-5-10-4-1-2-7-12(10)11/h1-7,18H,8-9H2. The van der Waals surface area contributed by atoms with E-state index in [0.717, 1.165) is 16.3 Å². The van der Waals surface area contributed by atoms with Gasteiger partial charge in [0.25, 0.3) is 0 Å². The Morgan fingerprint density at radius 2 is 1.90 bits per heavy atom. The van der Waals surface area contributed by atoms with Crippen molar-refractivity contribution in [1.29, 1.82) is 0 Å². The van der Waals surface area contributed by atoms with Gasteiger partial charge in [0.05, 0.1) is 6.61 Å². The molecule has 0 amide bonds. The summed E-state index contributed by atoms with van der Waals surface area (Å²) in [6, 6.07) is 13.3. The Morgan fingerprint density at radius 1 is 1.19 bits per heavy atom. The van der Waals surface area contributed by atoms with E-state index in [1.165, 1.54) is 0 Å². The van der Waals surface area contributed by atoms with Crippen LogP contribution in [-0.2, 0) is 20.3 Å².